The van der Waals surface area contributed by atoms with E-state index in [2.05, 4.69) is 34.0 Å². The average molecular weight is 289 g/mol. The number of likely N-dealkylation sites (tertiary alicyclic amines) is 2. The molecule has 0 saturated carbocycles. The molecule has 21 heavy (non-hydrogen) atoms. The maximum absolute atomic E-state index is 5.48. The van der Waals surface area contributed by atoms with Crippen LogP contribution >= 0.6 is 0 Å². The summed E-state index contributed by atoms with van der Waals surface area (Å²) >= 11 is 0. The van der Waals surface area contributed by atoms with Gasteiger partial charge in [0.1, 0.15) is 0 Å². The highest BCUT2D eigenvalue weighted by atomic mass is 16.5. The van der Waals surface area contributed by atoms with Crippen molar-refractivity contribution in [1.82, 2.24) is 14.8 Å². The van der Waals surface area contributed by atoms with Crippen LogP contribution in [0.2, 0.25) is 0 Å². The van der Waals surface area contributed by atoms with Gasteiger partial charge in [0.25, 0.3) is 0 Å². The van der Waals surface area contributed by atoms with Crippen LogP contribution in [0.1, 0.15) is 24.8 Å². The SMILES string of the molecule is COC[C@@H]1CC2(CCN(C)CC2)CN1Cc1ccncc1. The Morgan fingerprint density at radius 2 is 2.00 bits per heavy atom. The van der Waals surface area contributed by atoms with Gasteiger partial charge in [-0.05, 0) is 62.5 Å². The standard InChI is InChI=1S/C17H27N3O/c1-19-9-5-17(6-10-19)11-16(13-21-2)20(14-17)12-15-3-7-18-8-4-15/h3-4,7-8,16H,5-6,9-14H2,1-2H3/t16-/m0/s1. The third kappa shape index (κ3) is 3.44. The number of piperidine rings is 1. The first kappa shape index (κ1) is 14.9. The first-order valence-corrected chi connectivity index (χ1v) is 8.01. The lowest BCUT2D eigenvalue weighted by molar-refractivity contribution is 0.111. The molecule has 3 rings (SSSR count). The van der Waals surface area contributed by atoms with E-state index in [1.54, 1.807) is 0 Å². The minimum Gasteiger partial charge on any atom is -0.383 e. The Balaban J connectivity index is 1.69. The van der Waals surface area contributed by atoms with Crippen molar-refractivity contribution in [1.29, 1.82) is 0 Å². The summed E-state index contributed by atoms with van der Waals surface area (Å²) in [4.78, 5) is 9.21. The Morgan fingerprint density at radius 1 is 1.29 bits per heavy atom. The molecular formula is C17H27N3O. The van der Waals surface area contributed by atoms with Gasteiger partial charge in [-0.2, -0.15) is 0 Å². The van der Waals surface area contributed by atoms with Gasteiger partial charge < -0.3 is 9.64 Å². The average Bonchev–Trinajstić information content (AvgIpc) is 2.82. The van der Waals surface area contributed by atoms with Gasteiger partial charge in [0, 0.05) is 38.6 Å². The van der Waals surface area contributed by atoms with Crippen LogP contribution in [0.25, 0.3) is 0 Å². The zero-order valence-electron chi connectivity index (χ0n) is 13.3. The quantitative estimate of drug-likeness (QED) is 0.848. The summed E-state index contributed by atoms with van der Waals surface area (Å²) in [7, 11) is 4.06. The molecule has 2 aliphatic heterocycles. The molecule has 116 valence electrons. The second-order valence-corrected chi connectivity index (χ2v) is 6.88. The highest BCUT2D eigenvalue weighted by Crippen LogP contribution is 2.43. The summed E-state index contributed by atoms with van der Waals surface area (Å²) in [5.74, 6) is 0. The molecule has 1 spiro atoms. The van der Waals surface area contributed by atoms with Gasteiger partial charge in [-0.25, -0.2) is 0 Å². The topological polar surface area (TPSA) is 28.6 Å². The third-order valence-corrected chi connectivity index (χ3v) is 5.27. The molecule has 0 bridgehead atoms. The Bertz CT molecular complexity index is 443. The van der Waals surface area contributed by atoms with Crippen LogP contribution in [0.5, 0.6) is 0 Å². The maximum Gasteiger partial charge on any atom is 0.0618 e. The molecule has 1 aromatic heterocycles. The monoisotopic (exact) mass is 289 g/mol. The van der Waals surface area contributed by atoms with Gasteiger partial charge in [-0.1, -0.05) is 0 Å². The summed E-state index contributed by atoms with van der Waals surface area (Å²) in [5.41, 5.74) is 1.87. The lowest BCUT2D eigenvalue weighted by Gasteiger charge is -2.37. The van der Waals surface area contributed by atoms with E-state index in [1.165, 1.54) is 44.5 Å². The van der Waals surface area contributed by atoms with Gasteiger partial charge in [0.15, 0.2) is 0 Å². The predicted octanol–water partition coefficient (Wildman–Crippen LogP) is 2.01. The second-order valence-electron chi connectivity index (χ2n) is 6.88. The first-order valence-electron chi connectivity index (χ1n) is 8.01. The molecule has 2 aliphatic rings. The number of pyridine rings is 1. The van der Waals surface area contributed by atoms with E-state index in [9.17, 15) is 0 Å². The number of rotatable bonds is 4. The van der Waals surface area contributed by atoms with E-state index < -0.39 is 0 Å². The lowest BCUT2D eigenvalue weighted by atomic mass is 9.77. The van der Waals surface area contributed by atoms with Crippen LogP contribution in [-0.2, 0) is 11.3 Å². The third-order valence-electron chi connectivity index (χ3n) is 5.27. The molecule has 3 heterocycles. The van der Waals surface area contributed by atoms with Gasteiger partial charge in [-0.15, -0.1) is 0 Å². The molecule has 0 unspecified atom stereocenters. The fraction of sp³-hybridized carbons (Fsp3) is 0.706. The maximum atomic E-state index is 5.48. The fourth-order valence-corrected chi connectivity index (χ4v) is 3.97. The van der Waals surface area contributed by atoms with Crippen LogP contribution in [0, 0.1) is 5.41 Å². The summed E-state index contributed by atoms with van der Waals surface area (Å²) in [5, 5.41) is 0. The zero-order chi connectivity index (χ0) is 14.7. The highest BCUT2D eigenvalue weighted by molar-refractivity contribution is 5.11. The van der Waals surface area contributed by atoms with Crippen molar-refractivity contribution in [3.8, 4) is 0 Å². The predicted molar refractivity (Wildman–Crippen MR) is 84.1 cm³/mol. The molecule has 2 saturated heterocycles. The Labute approximate surface area is 128 Å². The molecule has 4 nitrogen and oxygen atoms in total. The number of hydrogen-bond donors (Lipinski definition) is 0. The van der Waals surface area contributed by atoms with Crippen LogP contribution in [0.3, 0.4) is 0 Å². The van der Waals surface area contributed by atoms with Crippen molar-refractivity contribution in [3.05, 3.63) is 30.1 Å². The van der Waals surface area contributed by atoms with Gasteiger partial charge in [0.05, 0.1) is 6.61 Å². The molecule has 0 radical (unpaired) electrons. The number of aromatic nitrogens is 1. The van der Waals surface area contributed by atoms with Crippen LogP contribution in [0.15, 0.2) is 24.5 Å². The van der Waals surface area contributed by atoms with Crippen molar-refractivity contribution >= 4 is 0 Å². The van der Waals surface area contributed by atoms with E-state index in [-0.39, 0.29) is 0 Å². The van der Waals surface area contributed by atoms with Gasteiger partial charge in [0.2, 0.25) is 0 Å². The smallest absolute Gasteiger partial charge is 0.0618 e. The number of methoxy groups -OCH3 is 1. The van der Waals surface area contributed by atoms with Crippen LogP contribution < -0.4 is 0 Å². The number of hydrogen-bond acceptors (Lipinski definition) is 4. The lowest BCUT2D eigenvalue weighted by Crippen LogP contribution is -2.39. The van der Waals surface area contributed by atoms with Crippen LogP contribution in [0.4, 0.5) is 0 Å². The minimum absolute atomic E-state index is 0.517. The van der Waals surface area contributed by atoms with Crippen molar-refractivity contribution < 1.29 is 4.74 Å². The Hall–Kier alpha value is -0.970. The van der Waals surface area contributed by atoms with Crippen molar-refractivity contribution in [2.45, 2.75) is 31.8 Å². The second kappa shape index (κ2) is 6.42. The minimum atomic E-state index is 0.517. The van der Waals surface area contributed by atoms with Crippen molar-refractivity contribution in [2.75, 3.05) is 40.4 Å². The molecular weight excluding hydrogens is 262 g/mol. The highest BCUT2D eigenvalue weighted by Gasteiger charge is 2.44. The zero-order valence-corrected chi connectivity index (χ0v) is 13.3. The van der Waals surface area contributed by atoms with Crippen molar-refractivity contribution in [2.24, 2.45) is 5.41 Å². The summed E-state index contributed by atoms with van der Waals surface area (Å²) in [6.45, 7) is 5.57. The van der Waals surface area contributed by atoms with E-state index in [4.69, 9.17) is 4.74 Å². The molecule has 0 amide bonds. The molecule has 1 atom stereocenters. The molecule has 0 N–H and O–H groups in total. The molecule has 0 aliphatic carbocycles. The summed E-state index contributed by atoms with van der Waals surface area (Å²) < 4.78 is 5.48. The van der Waals surface area contributed by atoms with Gasteiger partial charge >= 0.3 is 0 Å². The first-order chi connectivity index (χ1) is 10.2. The molecule has 1 aromatic rings. The molecule has 4 heteroatoms. The molecule has 2 fully saturated rings. The van der Waals surface area contributed by atoms with E-state index in [0.717, 1.165) is 13.2 Å². The van der Waals surface area contributed by atoms with E-state index in [0.29, 0.717) is 11.5 Å². The molecule has 0 aromatic carbocycles. The number of ether oxygens (including phenoxy) is 1. The van der Waals surface area contributed by atoms with E-state index >= 15 is 0 Å². The fourth-order valence-electron chi connectivity index (χ4n) is 3.97. The van der Waals surface area contributed by atoms with E-state index in [1.807, 2.05) is 19.5 Å². The van der Waals surface area contributed by atoms with Crippen LogP contribution in [-0.4, -0.2) is 61.2 Å². The Morgan fingerprint density at radius 3 is 2.67 bits per heavy atom. The Kier molecular flexibility index (Phi) is 4.57. The number of nitrogens with zero attached hydrogens (tertiary/aromatic N) is 3. The summed E-state index contributed by atoms with van der Waals surface area (Å²) in [6, 6.07) is 4.82. The summed E-state index contributed by atoms with van der Waals surface area (Å²) in [6.07, 6.45) is 7.73. The van der Waals surface area contributed by atoms with Gasteiger partial charge in [-0.3, -0.25) is 9.88 Å². The van der Waals surface area contributed by atoms with Crippen molar-refractivity contribution in [3.63, 3.8) is 0 Å². The largest absolute Gasteiger partial charge is 0.383 e. The normalized spacial score (nSPS) is 26.5.